The van der Waals surface area contributed by atoms with Crippen molar-refractivity contribution in [2.45, 2.75) is 24.8 Å². The Morgan fingerprint density at radius 1 is 1.19 bits per heavy atom. The van der Waals surface area contributed by atoms with Crippen LogP contribution in [0.4, 0.5) is 0 Å². The van der Waals surface area contributed by atoms with Crippen LogP contribution in [-0.2, 0) is 16.8 Å². The number of rotatable bonds is 3. The number of hydrogen-bond acceptors (Lipinski definition) is 5. The molecule has 2 aliphatic rings. The Morgan fingerprint density at radius 2 is 1.96 bits per heavy atom. The highest BCUT2D eigenvalue weighted by atomic mass is 16.5. The molecule has 0 radical (unpaired) electrons. The molecule has 1 aromatic carbocycles. The van der Waals surface area contributed by atoms with E-state index in [1.165, 1.54) is 0 Å². The number of benzene rings is 1. The summed E-state index contributed by atoms with van der Waals surface area (Å²) in [4.78, 5) is 30.6. The Balaban J connectivity index is 1.58. The molecule has 26 heavy (non-hydrogen) atoms. The number of hydrogen-bond donors (Lipinski definition) is 2. The van der Waals surface area contributed by atoms with Gasteiger partial charge < -0.3 is 9.64 Å². The normalized spacial score (nSPS) is 17.5. The molecule has 0 saturated heterocycles. The minimum atomic E-state index is -0.594. The number of carbonyl (C=O) groups excluding carboxylic acids is 2. The Kier molecular flexibility index (Phi) is 4.08. The monoisotopic (exact) mass is 353 g/mol. The third-order valence-electron chi connectivity index (χ3n) is 5.09. The maximum atomic E-state index is 13.2. The van der Waals surface area contributed by atoms with Crippen LogP contribution in [0.3, 0.4) is 0 Å². The summed E-state index contributed by atoms with van der Waals surface area (Å²) in [5, 5.41) is 8.77. The molecule has 1 fully saturated rings. The largest absolute Gasteiger partial charge is 0.491 e. The number of fused-ring (bicyclic) bond motifs is 1. The van der Waals surface area contributed by atoms with E-state index in [1.54, 1.807) is 36.1 Å². The van der Waals surface area contributed by atoms with Gasteiger partial charge >= 0.3 is 0 Å². The van der Waals surface area contributed by atoms with Gasteiger partial charge in [-0.3, -0.25) is 19.8 Å². The summed E-state index contributed by atoms with van der Waals surface area (Å²) >= 11 is 0. The minimum Gasteiger partial charge on any atom is -0.491 e. The number of hydroxylamine groups is 1. The van der Waals surface area contributed by atoms with Gasteiger partial charge in [0.2, 0.25) is 5.91 Å². The van der Waals surface area contributed by atoms with Crippen LogP contribution in [-0.4, -0.2) is 40.1 Å². The summed E-state index contributed by atoms with van der Waals surface area (Å²) in [5.74, 6) is 0.0793. The van der Waals surface area contributed by atoms with E-state index < -0.39 is 11.3 Å². The lowest BCUT2D eigenvalue weighted by Crippen LogP contribution is -2.40. The molecular formula is C19H19N3O4. The Bertz CT molecular complexity index is 849. The first-order chi connectivity index (χ1) is 12.6. The highest BCUT2D eigenvalue weighted by Crippen LogP contribution is 2.49. The number of nitrogens with zero attached hydrogens (tertiary/aromatic N) is 2. The van der Waals surface area contributed by atoms with E-state index >= 15 is 0 Å². The molecule has 134 valence electrons. The maximum Gasteiger partial charge on any atom is 0.274 e. The van der Waals surface area contributed by atoms with Crippen molar-refractivity contribution in [3.63, 3.8) is 0 Å². The van der Waals surface area contributed by atoms with Gasteiger partial charge in [-0.2, -0.15) is 0 Å². The molecule has 7 heteroatoms. The number of nitrogens with one attached hydrogen (secondary N) is 1. The van der Waals surface area contributed by atoms with Crippen molar-refractivity contribution in [3.8, 4) is 5.75 Å². The van der Waals surface area contributed by atoms with Crippen LogP contribution >= 0.6 is 0 Å². The SMILES string of the molecule is O=C(NO)c1ccc2c(c1)OCCN(C(=O)C1(c3ccncc3)CC1)C2. The second kappa shape index (κ2) is 6.42. The minimum absolute atomic E-state index is 0.109. The molecule has 4 rings (SSSR count). The van der Waals surface area contributed by atoms with Crippen LogP contribution in [0.15, 0.2) is 42.7 Å². The molecule has 1 aliphatic heterocycles. The van der Waals surface area contributed by atoms with Crippen molar-refractivity contribution < 1.29 is 19.5 Å². The van der Waals surface area contributed by atoms with Gasteiger partial charge in [0.05, 0.1) is 12.0 Å². The number of amides is 2. The third kappa shape index (κ3) is 2.80. The van der Waals surface area contributed by atoms with Crippen molar-refractivity contribution >= 4 is 11.8 Å². The van der Waals surface area contributed by atoms with Gasteiger partial charge in [-0.05, 0) is 42.7 Å². The van der Waals surface area contributed by atoms with E-state index in [-0.39, 0.29) is 5.91 Å². The van der Waals surface area contributed by atoms with Crippen LogP contribution < -0.4 is 10.2 Å². The zero-order valence-electron chi connectivity index (χ0n) is 14.1. The first kappa shape index (κ1) is 16.5. The fourth-order valence-electron chi connectivity index (χ4n) is 3.47. The number of carbonyl (C=O) groups is 2. The zero-order valence-corrected chi connectivity index (χ0v) is 14.1. The van der Waals surface area contributed by atoms with Gasteiger partial charge in [0.25, 0.3) is 5.91 Å². The van der Waals surface area contributed by atoms with E-state index in [9.17, 15) is 9.59 Å². The lowest BCUT2D eigenvalue weighted by atomic mass is 9.95. The Hall–Kier alpha value is -2.93. The highest BCUT2D eigenvalue weighted by molar-refractivity contribution is 5.94. The van der Waals surface area contributed by atoms with E-state index in [0.717, 1.165) is 24.0 Å². The van der Waals surface area contributed by atoms with Crippen LogP contribution in [0.1, 0.15) is 34.3 Å². The first-order valence-electron chi connectivity index (χ1n) is 8.54. The first-order valence-corrected chi connectivity index (χ1v) is 8.54. The third-order valence-corrected chi connectivity index (χ3v) is 5.09. The van der Waals surface area contributed by atoms with Gasteiger partial charge in [-0.1, -0.05) is 6.07 Å². The second-order valence-corrected chi connectivity index (χ2v) is 6.66. The standard InChI is InChI=1S/C19H19N3O4/c23-17(21-25)13-1-2-14-12-22(9-10-26-16(14)11-13)18(24)19(5-6-19)15-3-7-20-8-4-15/h1-4,7-8,11,25H,5-6,9-10,12H2,(H,21,23). The Morgan fingerprint density at radius 3 is 2.65 bits per heavy atom. The van der Waals surface area contributed by atoms with Gasteiger partial charge in [0.1, 0.15) is 12.4 Å². The van der Waals surface area contributed by atoms with Gasteiger partial charge in [0.15, 0.2) is 0 Å². The average Bonchev–Trinajstić information content (AvgIpc) is 3.51. The van der Waals surface area contributed by atoms with Crippen LogP contribution in [0.25, 0.3) is 0 Å². The maximum absolute atomic E-state index is 13.2. The molecule has 7 nitrogen and oxygen atoms in total. The van der Waals surface area contributed by atoms with Gasteiger partial charge in [0, 0.05) is 30.1 Å². The summed E-state index contributed by atoms with van der Waals surface area (Å²) in [6, 6.07) is 8.78. The molecule has 0 bridgehead atoms. The smallest absolute Gasteiger partial charge is 0.274 e. The number of ether oxygens (including phenoxy) is 1. The average molecular weight is 353 g/mol. The van der Waals surface area contributed by atoms with Gasteiger partial charge in [-0.25, -0.2) is 5.48 Å². The molecule has 2 aromatic rings. The Labute approximate surface area is 150 Å². The molecule has 2 heterocycles. The quantitative estimate of drug-likeness (QED) is 0.647. The summed E-state index contributed by atoms with van der Waals surface area (Å²) in [6.45, 7) is 1.28. The van der Waals surface area contributed by atoms with E-state index in [0.29, 0.717) is 31.0 Å². The highest BCUT2D eigenvalue weighted by Gasteiger charge is 2.53. The number of pyridine rings is 1. The molecule has 0 spiro atoms. The topological polar surface area (TPSA) is 91.8 Å². The molecule has 0 unspecified atom stereocenters. The van der Waals surface area contributed by atoms with Crippen molar-refractivity contribution in [2.75, 3.05) is 13.2 Å². The lowest BCUT2D eigenvalue weighted by molar-refractivity contribution is -0.134. The fraction of sp³-hybridized carbons (Fsp3) is 0.316. The number of aromatic nitrogens is 1. The van der Waals surface area contributed by atoms with Crippen LogP contribution in [0.2, 0.25) is 0 Å². The summed E-state index contributed by atoms with van der Waals surface area (Å²) < 4.78 is 5.74. The summed E-state index contributed by atoms with van der Waals surface area (Å²) in [5.41, 5.74) is 3.33. The molecule has 2 amide bonds. The fourth-order valence-corrected chi connectivity index (χ4v) is 3.47. The van der Waals surface area contributed by atoms with Crippen LogP contribution in [0, 0.1) is 0 Å². The summed E-state index contributed by atoms with van der Waals surface area (Å²) in [6.07, 6.45) is 5.12. The lowest BCUT2D eigenvalue weighted by Gasteiger charge is -2.26. The van der Waals surface area contributed by atoms with E-state index in [4.69, 9.17) is 9.94 Å². The molecule has 1 aliphatic carbocycles. The molecule has 1 saturated carbocycles. The van der Waals surface area contributed by atoms with Crippen LogP contribution in [0.5, 0.6) is 5.75 Å². The zero-order chi connectivity index (χ0) is 18.1. The summed E-state index contributed by atoms with van der Waals surface area (Å²) in [7, 11) is 0. The van der Waals surface area contributed by atoms with Gasteiger partial charge in [-0.15, -0.1) is 0 Å². The van der Waals surface area contributed by atoms with E-state index in [1.807, 2.05) is 17.0 Å². The van der Waals surface area contributed by atoms with Crippen molar-refractivity contribution in [3.05, 3.63) is 59.4 Å². The van der Waals surface area contributed by atoms with Crippen molar-refractivity contribution in [1.82, 2.24) is 15.4 Å². The predicted molar refractivity (Wildman–Crippen MR) is 91.8 cm³/mol. The molecular weight excluding hydrogens is 334 g/mol. The predicted octanol–water partition coefficient (Wildman–Crippen LogP) is 1.65. The van der Waals surface area contributed by atoms with Crippen molar-refractivity contribution in [2.24, 2.45) is 0 Å². The molecule has 1 aromatic heterocycles. The molecule has 0 atom stereocenters. The van der Waals surface area contributed by atoms with Crippen molar-refractivity contribution in [1.29, 1.82) is 0 Å². The molecule has 2 N–H and O–H groups in total. The van der Waals surface area contributed by atoms with E-state index in [2.05, 4.69) is 4.98 Å². The second-order valence-electron chi connectivity index (χ2n) is 6.66.